The number of benzene rings is 1. The van der Waals surface area contributed by atoms with Crippen molar-refractivity contribution in [1.82, 2.24) is 9.55 Å². The number of fused-ring (bicyclic) bond motifs is 1. The summed E-state index contributed by atoms with van der Waals surface area (Å²) in [6, 6.07) is 5.94. The minimum absolute atomic E-state index is 0.436. The van der Waals surface area contributed by atoms with Gasteiger partial charge in [0.1, 0.15) is 11.6 Å². The zero-order valence-corrected chi connectivity index (χ0v) is 11.5. The average Bonchev–Trinajstić information content (AvgIpc) is 2.72. The predicted molar refractivity (Wildman–Crippen MR) is 74.2 cm³/mol. The standard InChI is InChI=1S/C12H15ClN2OS/c1-16-9-3-4-11-10(7-9)14-12(8-13)15(11)5-6-17-2/h3-4,7H,5-6,8H2,1-2H3. The van der Waals surface area contributed by atoms with Gasteiger partial charge in [-0.1, -0.05) is 0 Å². The van der Waals surface area contributed by atoms with Gasteiger partial charge in [-0.3, -0.25) is 0 Å². The van der Waals surface area contributed by atoms with E-state index in [9.17, 15) is 0 Å². The fourth-order valence-electron chi connectivity index (χ4n) is 1.82. The summed E-state index contributed by atoms with van der Waals surface area (Å²) < 4.78 is 7.38. The minimum atomic E-state index is 0.436. The van der Waals surface area contributed by atoms with E-state index in [1.807, 2.05) is 30.0 Å². The summed E-state index contributed by atoms with van der Waals surface area (Å²) in [5, 5.41) is 0. The Balaban J connectivity index is 2.47. The molecule has 0 aliphatic heterocycles. The maximum absolute atomic E-state index is 5.93. The molecule has 92 valence electrons. The molecule has 3 nitrogen and oxygen atoms in total. The van der Waals surface area contributed by atoms with Crippen molar-refractivity contribution in [1.29, 1.82) is 0 Å². The van der Waals surface area contributed by atoms with E-state index in [0.717, 1.165) is 34.9 Å². The SMILES string of the molecule is COc1ccc2c(c1)nc(CCl)n2CCSC. The molecule has 17 heavy (non-hydrogen) atoms. The van der Waals surface area contributed by atoms with Crippen LogP contribution in [-0.2, 0) is 12.4 Å². The van der Waals surface area contributed by atoms with E-state index < -0.39 is 0 Å². The van der Waals surface area contributed by atoms with E-state index in [1.165, 1.54) is 0 Å². The number of aromatic nitrogens is 2. The molecule has 0 amide bonds. The van der Waals surface area contributed by atoms with Crippen LogP contribution >= 0.6 is 23.4 Å². The Kier molecular flexibility index (Phi) is 4.18. The molecule has 0 N–H and O–H groups in total. The highest BCUT2D eigenvalue weighted by atomic mass is 35.5. The third-order valence-corrected chi connectivity index (χ3v) is 3.50. The molecule has 5 heteroatoms. The van der Waals surface area contributed by atoms with Gasteiger partial charge in [0.25, 0.3) is 0 Å². The van der Waals surface area contributed by atoms with Crippen LogP contribution in [0.4, 0.5) is 0 Å². The summed E-state index contributed by atoms with van der Waals surface area (Å²) in [5.74, 6) is 3.24. The molecule has 1 aromatic heterocycles. The van der Waals surface area contributed by atoms with Crippen LogP contribution in [0.5, 0.6) is 5.75 Å². The van der Waals surface area contributed by atoms with Crippen molar-refractivity contribution in [2.45, 2.75) is 12.4 Å². The van der Waals surface area contributed by atoms with Crippen LogP contribution in [0.15, 0.2) is 18.2 Å². The number of ether oxygens (including phenoxy) is 1. The molecule has 2 aromatic rings. The van der Waals surface area contributed by atoms with Crippen molar-refractivity contribution >= 4 is 34.4 Å². The zero-order valence-electron chi connectivity index (χ0n) is 9.94. The number of alkyl halides is 1. The molecule has 0 fully saturated rings. The van der Waals surface area contributed by atoms with Crippen LogP contribution in [0, 0.1) is 0 Å². The monoisotopic (exact) mass is 270 g/mol. The number of rotatable bonds is 5. The Morgan fingerprint density at radius 2 is 2.29 bits per heavy atom. The van der Waals surface area contributed by atoms with Gasteiger partial charge in [0, 0.05) is 18.4 Å². The lowest BCUT2D eigenvalue weighted by Gasteiger charge is -2.06. The molecule has 0 unspecified atom stereocenters. The first-order valence-corrected chi connectivity index (χ1v) is 7.31. The maximum Gasteiger partial charge on any atom is 0.124 e. The fraction of sp³-hybridized carbons (Fsp3) is 0.417. The van der Waals surface area contributed by atoms with E-state index in [4.69, 9.17) is 16.3 Å². The average molecular weight is 271 g/mol. The fourth-order valence-corrected chi connectivity index (χ4v) is 2.39. The molecular formula is C12H15ClN2OS. The van der Waals surface area contributed by atoms with Crippen molar-refractivity contribution in [2.24, 2.45) is 0 Å². The second-order valence-corrected chi connectivity index (χ2v) is 4.91. The molecule has 0 aliphatic rings. The lowest BCUT2D eigenvalue weighted by molar-refractivity contribution is 0.415. The van der Waals surface area contributed by atoms with Gasteiger partial charge in [0.05, 0.1) is 24.0 Å². The number of nitrogens with zero attached hydrogens (tertiary/aromatic N) is 2. The molecule has 0 aliphatic carbocycles. The van der Waals surface area contributed by atoms with Gasteiger partial charge in [-0.2, -0.15) is 11.8 Å². The third kappa shape index (κ3) is 2.53. The Hall–Kier alpha value is -0.870. The van der Waals surface area contributed by atoms with E-state index in [1.54, 1.807) is 7.11 Å². The quantitative estimate of drug-likeness (QED) is 0.781. The number of halogens is 1. The van der Waals surface area contributed by atoms with Gasteiger partial charge < -0.3 is 9.30 Å². The number of thioether (sulfide) groups is 1. The molecular weight excluding hydrogens is 256 g/mol. The predicted octanol–water partition coefficient (Wildman–Crippen LogP) is 3.15. The largest absolute Gasteiger partial charge is 0.497 e. The third-order valence-electron chi connectivity index (χ3n) is 2.67. The van der Waals surface area contributed by atoms with Crippen molar-refractivity contribution in [3.8, 4) is 5.75 Å². The number of hydrogen-bond acceptors (Lipinski definition) is 3. The first-order valence-electron chi connectivity index (χ1n) is 5.38. The summed E-state index contributed by atoms with van der Waals surface area (Å²) in [7, 11) is 1.66. The molecule has 0 radical (unpaired) electrons. The number of imidazole rings is 1. The number of hydrogen-bond donors (Lipinski definition) is 0. The Morgan fingerprint density at radius 3 is 2.94 bits per heavy atom. The number of aryl methyl sites for hydroxylation is 1. The normalized spacial score (nSPS) is 11.0. The molecule has 1 aromatic carbocycles. The van der Waals surface area contributed by atoms with Crippen LogP contribution in [0.1, 0.15) is 5.82 Å². The van der Waals surface area contributed by atoms with Crippen LogP contribution in [0.2, 0.25) is 0 Å². The van der Waals surface area contributed by atoms with Crippen LogP contribution < -0.4 is 4.74 Å². The van der Waals surface area contributed by atoms with E-state index in [0.29, 0.717) is 5.88 Å². The zero-order chi connectivity index (χ0) is 12.3. The van der Waals surface area contributed by atoms with Crippen molar-refractivity contribution in [3.05, 3.63) is 24.0 Å². The molecule has 2 rings (SSSR count). The summed E-state index contributed by atoms with van der Waals surface area (Å²) in [5.41, 5.74) is 2.07. The maximum atomic E-state index is 5.93. The van der Waals surface area contributed by atoms with Gasteiger partial charge >= 0.3 is 0 Å². The summed E-state index contributed by atoms with van der Waals surface area (Å²) in [4.78, 5) is 4.53. The smallest absolute Gasteiger partial charge is 0.124 e. The van der Waals surface area contributed by atoms with Crippen molar-refractivity contribution in [2.75, 3.05) is 19.1 Å². The summed E-state index contributed by atoms with van der Waals surface area (Å²) in [6.07, 6.45) is 2.10. The molecule has 1 heterocycles. The van der Waals surface area contributed by atoms with Gasteiger partial charge in [0.15, 0.2) is 0 Å². The lowest BCUT2D eigenvalue weighted by Crippen LogP contribution is -2.04. The molecule has 0 atom stereocenters. The number of methoxy groups -OCH3 is 1. The lowest BCUT2D eigenvalue weighted by atomic mass is 10.3. The highest BCUT2D eigenvalue weighted by Crippen LogP contribution is 2.22. The second-order valence-electron chi connectivity index (χ2n) is 3.66. The topological polar surface area (TPSA) is 27.1 Å². The second kappa shape index (κ2) is 5.65. The van der Waals surface area contributed by atoms with E-state index in [2.05, 4.69) is 15.8 Å². The highest BCUT2D eigenvalue weighted by Gasteiger charge is 2.10. The Labute approximate surface area is 110 Å². The van der Waals surface area contributed by atoms with E-state index in [-0.39, 0.29) is 0 Å². The highest BCUT2D eigenvalue weighted by molar-refractivity contribution is 7.98. The Morgan fingerprint density at radius 1 is 1.47 bits per heavy atom. The minimum Gasteiger partial charge on any atom is -0.497 e. The molecule has 0 spiro atoms. The molecule has 0 saturated carbocycles. The van der Waals surface area contributed by atoms with E-state index >= 15 is 0 Å². The molecule has 0 saturated heterocycles. The Bertz CT molecular complexity index is 512. The first kappa shape index (κ1) is 12.6. The summed E-state index contributed by atoms with van der Waals surface area (Å²) >= 11 is 7.75. The summed E-state index contributed by atoms with van der Waals surface area (Å²) in [6.45, 7) is 0.937. The first-order chi connectivity index (χ1) is 8.30. The van der Waals surface area contributed by atoms with Gasteiger partial charge in [-0.25, -0.2) is 4.98 Å². The van der Waals surface area contributed by atoms with Crippen LogP contribution in [0.3, 0.4) is 0 Å². The van der Waals surface area contributed by atoms with Crippen LogP contribution in [0.25, 0.3) is 11.0 Å². The van der Waals surface area contributed by atoms with Gasteiger partial charge in [0.2, 0.25) is 0 Å². The van der Waals surface area contributed by atoms with Crippen LogP contribution in [-0.4, -0.2) is 28.7 Å². The van der Waals surface area contributed by atoms with Crippen molar-refractivity contribution < 1.29 is 4.74 Å². The van der Waals surface area contributed by atoms with Gasteiger partial charge in [-0.05, 0) is 18.4 Å². The van der Waals surface area contributed by atoms with Gasteiger partial charge in [-0.15, -0.1) is 11.6 Å². The molecule has 0 bridgehead atoms. The van der Waals surface area contributed by atoms with Crippen molar-refractivity contribution in [3.63, 3.8) is 0 Å².